The summed E-state index contributed by atoms with van der Waals surface area (Å²) in [7, 11) is 0. The third-order valence-electron chi connectivity index (χ3n) is 5.81. The predicted molar refractivity (Wildman–Crippen MR) is 125 cm³/mol. The largest absolute Gasteiger partial charge is 0.486 e. The van der Waals surface area contributed by atoms with Crippen molar-refractivity contribution in [1.82, 2.24) is 14.9 Å². The van der Waals surface area contributed by atoms with Crippen LogP contribution in [-0.4, -0.2) is 41.8 Å². The number of rotatable bonds is 7. The number of nitrogens with zero attached hydrogens (tertiary/aromatic N) is 3. The van der Waals surface area contributed by atoms with E-state index < -0.39 is 0 Å². The summed E-state index contributed by atoms with van der Waals surface area (Å²) < 4.78 is 13.4. The summed E-state index contributed by atoms with van der Waals surface area (Å²) in [5.41, 5.74) is 4.43. The Morgan fingerprint density at radius 2 is 1.81 bits per heavy atom. The maximum atomic E-state index is 12.9. The molecule has 3 heterocycles. The van der Waals surface area contributed by atoms with Crippen LogP contribution in [0.5, 0.6) is 11.5 Å². The molecule has 3 aromatic rings. The van der Waals surface area contributed by atoms with Crippen LogP contribution >= 0.6 is 0 Å². The lowest BCUT2D eigenvalue weighted by Gasteiger charge is -2.20. The summed E-state index contributed by atoms with van der Waals surface area (Å²) in [5.74, 6) is 2.33. The molecule has 7 nitrogen and oxygen atoms in total. The lowest BCUT2D eigenvalue weighted by Crippen LogP contribution is -2.24. The van der Waals surface area contributed by atoms with Crippen molar-refractivity contribution in [3.05, 3.63) is 65.1 Å². The molecule has 0 aliphatic carbocycles. The van der Waals surface area contributed by atoms with Gasteiger partial charge in [-0.05, 0) is 57.5 Å². The Bertz CT molecular complexity index is 1100. The van der Waals surface area contributed by atoms with Crippen LogP contribution in [0.25, 0.3) is 5.69 Å². The number of pyridine rings is 1. The molecule has 0 atom stereocenters. The number of fused-ring (bicyclic) bond motifs is 1. The number of benzene rings is 1. The zero-order chi connectivity index (χ0) is 22.7. The topological polar surface area (TPSA) is 68.6 Å². The summed E-state index contributed by atoms with van der Waals surface area (Å²) in [6, 6.07) is 11.8. The van der Waals surface area contributed by atoms with Crippen molar-refractivity contribution in [2.45, 2.75) is 34.2 Å². The van der Waals surface area contributed by atoms with Crippen LogP contribution < -0.4 is 19.7 Å². The van der Waals surface area contributed by atoms with Gasteiger partial charge in [0, 0.05) is 49.0 Å². The highest BCUT2D eigenvalue weighted by molar-refractivity contribution is 5.95. The number of ether oxygens (including phenoxy) is 2. The van der Waals surface area contributed by atoms with Gasteiger partial charge in [0.2, 0.25) is 0 Å². The maximum Gasteiger partial charge on any atom is 0.253 e. The van der Waals surface area contributed by atoms with Gasteiger partial charge in [0.1, 0.15) is 19.0 Å². The van der Waals surface area contributed by atoms with E-state index in [1.807, 2.05) is 56.4 Å². The fraction of sp³-hybridized carbons (Fsp3) is 0.360. The highest BCUT2D eigenvalue weighted by Gasteiger charge is 2.19. The average Bonchev–Trinajstić information content (AvgIpc) is 3.12. The molecule has 0 saturated carbocycles. The number of aromatic nitrogens is 2. The van der Waals surface area contributed by atoms with Crippen molar-refractivity contribution in [2.75, 3.05) is 31.2 Å². The van der Waals surface area contributed by atoms with Gasteiger partial charge in [0.15, 0.2) is 11.5 Å². The minimum atomic E-state index is -0.102. The van der Waals surface area contributed by atoms with Crippen LogP contribution in [0.15, 0.2) is 42.6 Å². The van der Waals surface area contributed by atoms with Crippen molar-refractivity contribution in [1.29, 1.82) is 0 Å². The van der Waals surface area contributed by atoms with E-state index in [1.54, 1.807) is 0 Å². The second-order valence-electron chi connectivity index (χ2n) is 7.83. The lowest BCUT2D eigenvalue weighted by atomic mass is 10.2. The summed E-state index contributed by atoms with van der Waals surface area (Å²) in [4.78, 5) is 19.7. The first kappa shape index (κ1) is 21.7. The smallest absolute Gasteiger partial charge is 0.253 e. The van der Waals surface area contributed by atoms with Crippen LogP contribution in [0.1, 0.15) is 41.2 Å². The van der Waals surface area contributed by atoms with Gasteiger partial charge in [-0.15, -0.1) is 0 Å². The molecular weight excluding hydrogens is 404 g/mol. The zero-order valence-corrected chi connectivity index (χ0v) is 19.1. The molecule has 32 heavy (non-hydrogen) atoms. The number of nitrogens with one attached hydrogen (secondary N) is 1. The van der Waals surface area contributed by atoms with E-state index in [4.69, 9.17) is 9.47 Å². The van der Waals surface area contributed by atoms with E-state index in [1.165, 1.54) is 0 Å². The van der Waals surface area contributed by atoms with E-state index in [-0.39, 0.29) is 5.91 Å². The molecule has 168 valence electrons. The quantitative estimate of drug-likeness (QED) is 0.608. The number of amides is 1. The van der Waals surface area contributed by atoms with Gasteiger partial charge >= 0.3 is 0 Å². The molecule has 0 saturated heterocycles. The molecule has 0 spiro atoms. The molecule has 1 aromatic carbocycles. The third kappa shape index (κ3) is 4.28. The second-order valence-corrected chi connectivity index (χ2v) is 7.83. The van der Waals surface area contributed by atoms with Crippen molar-refractivity contribution >= 4 is 11.7 Å². The molecule has 2 aromatic heterocycles. The molecular formula is C25H30N4O3. The molecule has 0 unspecified atom stereocenters. The van der Waals surface area contributed by atoms with E-state index in [0.717, 1.165) is 53.0 Å². The standard InChI is InChI=1S/C25H30N4O3/c1-5-28(6-2)24-10-7-19(15-26-24)16-27-25(30)21-13-17(3)29(18(21)4)20-8-9-22-23(14-20)32-12-11-31-22/h7-10,13-15H,5-6,11-12,16H2,1-4H3,(H,27,30). The molecule has 4 rings (SSSR count). The first-order chi connectivity index (χ1) is 15.5. The molecule has 0 fully saturated rings. The Morgan fingerprint density at radius 1 is 1.06 bits per heavy atom. The number of anilines is 1. The highest BCUT2D eigenvalue weighted by Crippen LogP contribution is 2.33. The molecule has 0 bridgehead atoms. The Labute approximate surface area is 189 Å². The van der Waals surface area contributed by atoms with Crippen LogP contribution in [0.4, 0.5) is 5.82 Å². The lowest BCUT2D eigenvalue weighted by molar-refractivity contribution is 0.0950. The summed E-state index contributed by atoms with van der Waals surface area (Å²) >= 11 is 0. The van der Waals surface area contributed by atoms with Crippen molar-refractivity contribution in [3.8, 4) is 17.2 Å². The Kier molecular flexibility index (Phi) is 6.35. The first-order valence-electron chi connectivity index (χ1n) is 11.1. The van der Waals surface area contributed by atoms with E-state index in [2.05, 4.69) is 33.6 Å². The third-order valence-corrected chi connectivity index (χ3v) is 5.81. The van der Waals surface area contributed by atoms with Gasteiger partial charge in [-0.25, -0.2) is 4.98 Å². The summed E-state index contributed by atoms with van der Waals surface area (Å²) in [5, 5.41) is 3.02. The molecule has 1 N–H and O–H groups in total. The fourth-order valence-corrected chi connectivity index (χ4v) is 4.09. The number of hydrogen-bond donors (Lipinski definition) is 1. The van der Waals surface area contributed by atoms with Crippen LogP contribution in [0.2, 0.25) is 0 Å². The molecule has 0 radical (unpaired) electrons. The van der Waals surface area contributed by atoms with Gasteiger partial charge in [0.05, 0.1) is 5.56 Å². The average molecular weight is 435 g/mol. The summed E-state index contributed by atoms with van der Waals surface area (Å²) in [6.07, 6.45) is 1.83. The normalized spacial score (nSPS) is 12.5. The molecule has 7 heteroatoms. The monoisotopic (exact) mass is 434 g/mol. The zero-order valence-electron chi connectivity index (χ0n) is 19.1. The van der Waals surface area contributed by atoms with Gasteiger partial charge in [-0.3, -0.25) is 4.79 Å². The second kappa shape index (κ2) is 9.34. The van der Waals surface area contributed by atoms with Gasteiger partial charge in [0.25, 0.3) is 5.91 Å². The number of aryl methyl sites for hydroxylation is 1. The highest BCUT2D eigenvalue weighted by atomic mass is 16.6. The first-order valence-corrected chi connectivity index (χ1v) is 11.1. The van der Waals surface area contributed by atoms with Crippen molar-refractivity contribution < 1.29 is 14.3 Å². The molecule has 1 aliphatic heterocycles. The minimum Gasteiger partial charge on any atom is -0.486 e. The van der Waals surface area contributed by atoms with E-state index in [0.29, 0.717) is 25.3 Å². The van der Waals surface area contributed by atoms with E-state index in [9.17, 15) is 4.79 Å². The van der Waals surface area contributed by atoms with Crippen molar-refractivity contribution in [2.24, 2.45) is 0 Å². The predicted octanol–water partition coefficient (Wildman–Crippen LogP) is 4.04. The fourth-order valence-electron chi connectivity index (χ4n) is 4.09. The SMILES string of the molecule is CCN(CC)c1ccc(CNC(=O)c2cc(C)n(-c3ccc4c(c3)OCCO4)c2C)cn1. The number of hydrogen-bond acceptors (Lipinski definition) is 5. The minimum absolute atomic E-state index is 0.102. The Hall–Kier alpha value is -3.48. The van der Waals surface area contributed by atoms with Crippen LogP contribution in [0, 0.1) is 13.8 Å². The summed E-state index contributed by atoms with van der Waals surface area (Å²) in [6.45, 7) is 11.5. The van der Waals surface area contributed by atoms with Crippen LogP contribution in [-0.2, 0) is 6.54 Å². The Balaban J connectivity index is 1.48. The van der Waals surface area contributed by atoms with Crippen molar-refractivity contribution in [3.63, 3.8) is 0 Å². The maximum absolute atomic E-state index is 12.9. The van der Waals surface area contributed by atoms with E-state index >= 15 is 0 Å². The van der Waals surface area contributed by atoms with Gasteiger partial charge in [-0.2, -0.15) is 0 Å². The van der Waals surface area contributed by atoms with Crippen LogP contribution in [0.3, 0.4) is 0 Å². The van der Waals surface area contributed by atoms with Gasteiger partial charge < -0.3 is 24.3 Å². The molecule has 1 amide bonds. The molecule has 1 aliphatic rings. The van der Waals surface area contributed by atoms with Gasteiger partial charge in [-0.1, -0.05) is 6.07 Å². The number of carbonyl (C=O) groups excluding carboxylic acids is 1. The Morgan fingerprint density at radius 3 is 2.50 bits per heavy atom. The number of carbonyl (C=O) groups is 1.